The van der Waals surface area contributed by atoms with Gasteiger partial charge < -0.3 is 16.4 Å². The minimum Gasteiger partial charge on any atom is -0.399 e. The average molecular weight is 261 g/mol. The highest BCUT2D eigenvalue weighted by Gasteiger charge is 2.04. The van der Waals surface area contributed by atoms with Gasteiger partial charge in [-0.3, -0.25) is 0 Å². The zero-order chi connectivity index (χ0) is 13.0. The van der Waals surface area contributed by atoms with Gasteiger partial charge in [-0.1, -0.05) is 0 Å². The quantitative estimate of drug-likeness (QED) is 0.744. The SMILES string of the molecule is Cc1ccsc1CNC(=O)Nc1ccc(N)cc1. The van der Waals surface area contributed by atoms with Crippen LogP contribution in [-0.4, -0.2) is 6.03 Å². The highest BCUT2D eigenvalue weighted by atomic mass is 32.1. The summed E-state index contributed by atoms with van der Waals surface area (Å²) in [5, 5.41) is 7.59. The number of nitrogens with one attached hydrogen (secondary N) is 2. The Balaban J connectivity index is 1.86. The minimum atomic E-state index is -0.215. The number of nitrogens with two attached hydrogens (primary N) is 1. The molecule has 0 saturated carbocycles. The van der Waals surface area contributed by atoms with Crippen LogP contribution in [0.4, 0.5) is 16.2 Å². The first-order valence-corrected chi connectivity index (χ1v) is 6.46. The van der Waals surface area contributed by atoms with Gasteiger partial charge in [-0.25, -0.2) is 4.79 Å². The fourth-order valence-corrected chi connectivity index (χ4v) is 2.33. The summed E-state index contributed by atoms with van der Waals surface area (Å²) in [5.74, 6) is 0. The van der Waals surface area contributed by atoms with E-state index in [0.29, 0.717) is 12.2 Å². The highest BCUT2D eigenvalue weighted by Crippen LogP contribution is 2.15. The Kier molecular flexibility index (Phi) is 3.84. The summed E-state index contributed by atoms with van der Waals surface area (Å²) in [6, 6.07) is 8.86. The molecule has 0 aliphatic heterocycles. The second kappa shape index (κ2) is 5.55. The topological polar surface area (TPSA) is 67.2 Å². The number of amides is 2. The van der Waals surface area contributed by atoms with E-state index >= 15 is 0 Å². The van der Waals surface area contributed by atoms with Crippen LogP contribution in [0.2, 0.25) is 0 Å². The zero-order valence-corrected chi connectivity index (χ0v) is 10.9. The van der Waals surface area contributed by atoms with Crippen molar-refractivity contribution in [2.45, 2.75) is 13.5 Å². The number of hydrogen-bond acceptors (Lipinski definition) is 3. The number of benzene rings is 1. The molecule has 2 rings (SSSR count). The molecule has 0 spiro atoms. The molecule has 0 bridgehead atoms. The number of hydrogen-bond donors (Lipinski definition) is 3. The predicted octanol–water partition coefficient (Wildman–Crippen LogP) is 2.96. The first-order valence-electron chi connectivity index (χ1n) is 5.58. The number of thiophene rings is 1. The summed E-state index contributed by atoms with van der Waals surface area (Å²) in [7, 11) is 0. The smallest absolute Gasteiger partial charge is 0.319 e. The van der Waals surface area contributed by atoms with Gasteiger partial charge in [0.05, 0.1) is 6.54 Å². The molecule has 5 heteroatoms. The van der Waals surface area contributed by atoms with E-state index in [1.807, 2.05) is 18.4 Å². The maximum atomic E-state index is 11.7. The summed E-state index contributed by atoms with van der Waals surface area (Å²) in [5.41, 5.74) is 8.17. The van der Waals surface area contributed by atoms with Gasteiger partial charge in [0.1, 0.15) is 0 Å². The maximum absolute atomic E-state index is 11.7. The molecule has 0 unspecified atom stereocenters. The van der Waals surface area contributed by atoms with Crippen LogP contribution in [0.3, 0.4) is 0 Å². The monoisotopic (exact) mass is 261 g/mol. The van der Waals surface area contributed by atoms with Gasteiger partial charge in [0.2, 0.25) is 0 Å². The van der Waals surface area contributed by atoms with E-state index < -0.39 is 0 Å². The number of carbonyl (C=O) groups is 1. The third-order valence-electron chi connectivity index (χ3n) is 2.55. The van der Waals surface area contributed by atoms with Crippen LogP contribution in [0.1, 0.15) is 10.4 Å². The number of urea groups is 1. The molecule has 1 aromatic heterocycles. The largest absolute Gasteiger partial charge is 0.399 e. The van der Waals surface area contributed by atoms with Crippen LogP contribution < -0.4 is 16.4 Å². The van der Waals surface area contributed by atoms with Crippen LogP contribution in [0.15, 0.2) is 35.7 Å². The first-order chi connectivity index (χ1) is 8.65. The van der Waals surface area contributed by atoms with Crippen molar-refractivity contribution < 1.29 is 4.79 Å². The second-order valence-electron chi connectivity index (χ2n) is 3.96. The van der Waals surface area contributed by atoms with Gasteiger partial charge in [0, 0.05) is 16.3 Å². The predicted molar refractivity (Wildman–Crippen MR) is 75.8 cm³/mol. The summed E-state index contributed by atoms with van der Waals surface area (Å²) in [4.78, 5) is 12.8. The summed E-state index contributed by atoms with van der Waals surface area (Å²) in [6.07, 6.45) is 0. The van der Waals surface area contributed by atoms with E-state index in [1.165, 1.54) is 10.4 Å². The van der Waals surface area contributed by atoms with Gasteiger partial charge in [-0.2, -0.15) is 0 Å². The van der Waals surface area contributed by atoms with Crippen molar-refractivity contribution in [3.05, 3.63) is 46.2 Å². The standard InChI is InChI=1S/C13H15N3OS/c1-9-6-7-18-12(9)8-15-13(17)16-11-4-2-10(14)3-5-11/h2-7H,8,14H2,1H3,(H2,15,16,17). The van der Waals surface area contributed by atoms with Gasteiger partial charge in [-0.05, 0) is 48.2 Å². The molecule has 94 valence electrons. The molecule has 0 atom stereocenters. The molecule has 1 aromatic carbocycles. The molecule has 18 heavy (non-hydrogen) atoms. The Morgan fingerprint density at radius 3 is 2.61 bits per heavy atom. The van der Waals surface area contributed by atoms with Crippen molar-refractivity contribution in [2.24, 2.45) is 0 Å². The Bertz CT molecular complexity index is 533. The highest BCUT2D eigenvalue weighted by molar-refractivity contribution is 7.10. The molecule has 0 aliphatic rings. The van der Waals surface area contributed by atoms with Crippen LogP contribution in [0, 0.1) is 6.92 Å². The summed E-state index contributed by atoms with van der Waals surface area (Å²) >= 11 is 1.64. The lowest BCUT2D eigenvalue weighted by molar-refractivity contribution is 0.252. The van der Waals surface area contributed by atoms with Gasteiger partial charge >= 0.3 is 6.03 Å². The summed E-state index contributed by atoms with van der Waals surface area (Å²) < 4.78 is 0. The first kappa shape index (κ1) is 12.4. The second-order valence-corrected chi connectivity index (χ2v) is 4.96. The molecular weight excluding hydrogens is 246 g/mol. The van der Waals surface area contributed by atoms with Gasteiger partial charge in [-0.15, -0.1) is 11.3 Å². The average Bonchev–Trinajstić information content (AvgIpc) is 2.75. The van der Waals surface area contributed by atoms with Crippen LogP contribution in [0.5, 0.6) is 0 Å². The lowest BCUT2D eigenvalue weighted by atomic mass is 10.3. The number of rotatable bonds is 3. The van der Waals surface area contributed by atoms with Crippen LogP contribution in [0.25, 0.3) is 0 Å². The third kappa shape index (κ3) is 3.24. The van der Waals surface area contributed by atoms with E-state index in [4.69, 9.17) is 5.73 Å². The third-order valence-corrected chi connectivity index (χ3v) is 3.57. The fraction of sp³-hybridized carbons (Fsp3) is 0.154. The van der Waals surface area contributed by atoms with E-state index in [0.717, 1.165) is 5.69 Å². The fourth-order valence-electron chi connectivity index (χ4n) is 1.49. The van der Waals surface area contributed by atoms with Crippen molar-refractivity contribution in [3.63, 3.8) is 0 Å². The molecule has 1 heterocycles. The van der Waals surface area contributed by atoms with E-state index in [-0.39, 0.29) is 6.03 Å². The Hall–Kier alpha value is -2.01. The minimum absolute atomic E-state index is 0.215. The van der Waals surface area contributed by atoms with Crippen molar-refractivity contribution in [1.29, 1.82) is 0 Å². The Labute approximate surface area is 110 Å². The van der Waals surface area contributed by atoms with E-state index in [2.05, 4.69) is 10.6 Å². The van der Waals surface area contributed by atoms with Gasteiger partial charge in [0.25, 0.3) is 0 Å². The molecular formula is C13H15N3OS. The Morgan fingerprint density at radius 2 is 2.00 bits per heavy atom. The molecule has 0 fully saturated rings. The zero-order valence-electron chi connectivity index (χ0n) is 10.1. The molecule has 2 aromatic rings. The number of nitrogen functional groups attached to an aromatic ring is 1. The van der Waals surface area contributed by atoms with E-state index in [9.17, 15) is 4.79 Å². The number of carbonyl (C=O) groups excluding carboxylic acids is 1. The lowest BCUT2D eigenvalue weighted by Gasteiger charge is -2.07. The molecule has 0 saturated heterocycles. The molecule has 2 amide bonds. The van der Waals surface area contributed by atoms with Gasteiger partial charge in [0.15, 0.2) is 0 Å². The molecule has 4 nitrogen and oxygen atoms in total. The number of anilines is 2. The van der Waals surface area contributed by atoms with Crippen molar-refractivity contribution in [1.82, 2.24) is 5.32 Å². The van der Waals surface area contributed by atoms with Crippen LogP contribution in [-0.2, 0) is 6.54 Å². The molecule has 0 radical (unpaired) electrons. The van der Waals surface area contributed by atoms with Crippen molar-refractivity contribution in [2.75, 3.05) is 11.1 Å². The number of aryl methyl sites for hydroxylation is 1. The van der Waals surface area contributed by atoms with Crippen molar-refractivity contribution >= 4 is 28.7 Å². The van der Waals surface area contributed by atoms with E-state index in [1.54, 1.807) is 35.6 Å². The van der Waals surface area contributed by atoms with Crippen molar-refractivity contribution in [3.8, 4) is 0 Å². The Morgan fingerprint density at radius 1 is 1.28 bits per heavy atom. The van der Waals surface area contributed by atoms with Crippen LogP contribution >= 0.6 is 11.3 Å². The normalized spacial score (nSPS) is 10.1. The molecule has 0 aliphatic carbocycles. The maximum Gasteiger partial charge on any atom is 0.319 e. The summed E-state index contributed by atoms with van der Waals surface area (Å²) in [6.45, 7) is 2.58. The lowest BCUT2D eigenvalue weighted by Crippen LogP contribution is -2.28. The molecule has 4 N–H and O–H groups in total.